The molecule has 7 nitrogen and oxygen atoms in total. The summed E-state index contributed by atoms with van der Waals surface area (Å²) in [5.41, 5.74) is 1.79. The van der Waals surface area contributed by atoms with Gasteiger partial charge in [0.15, 0.2) is 11.5 Å². The maximum atomic E-state index is 13.3. The van der Waals surface area contributed by atoms with Crippen LogP contribution in [0.25, 0.3) is 6.08 Å². The highest BCUT2D eigenvalue weighted by Crippen LogP contribution is 2.35. The molecule has 0 spiro atoms. The van der Waals surface area contributed by atoms with E-state index in [0.29, 0.717) is 35.3 Å². The van der Waals surface area contributed by atoms with Crippen LogP contribution in [0, 0.1) is 5.82 Å². The van der Waals surface area contributed by atoms with Crippen molar-refractivity contribution in [2.24, 2.45) is 0 Å². The zero-order valence-electron chi connectivity index (χ0n) is 19.7. The second-order valence-corrected chi connectivity index (χ2v) is 9.31. The summed E-state index contributed by atoms with van der Waals surface area (Å²) in [6.45, 7) is 2.07. The number of carbonyl (C=O) groups is 3. The third-order valence-electron chi connectivity index (χ3n) is 5.16. The number of ether oxygens (including phenoxy) is 2. The van der Waals surface area contributed by atoms with Gasteiger partial charge in [0.25, 0.3) is 11.1 Å². The van der Waals surface area contributed by atoms with Gasteiger partial charge >= 0.3 is 0 Å². The predicted molar refractivity (Wildman–Crippen MR) is 141 cm³/mol. The molecular formula is C27H22ClFN2O5S. The number of hydrogen-bond acceptors (Lipinski definition) is 6. The number of thioether (sulfide) groups is 1. The van der Waals surface area contributed by atoms with Crippen LogP contribution in [0.1, 0.15) is 18.1 Å². The van der Waals surface area contributed by atoms with Crippen molar-refractivity contribution in [1.82, 2.24) is 4.90 Å². The maximum absolute atomic E-state index is 13.3. The summed E-state index contributed by atoms with van der Waals surface area (Å²) < 4.78 is 25.0. The monoisotopic (exact) mass is 540 g/mol. The third-order valence-corrected chi connectivity index (χ3v) is 6.32. The molecule has 3 aromatic carbocycles. The van der Waals surface area contributed by atoms with E-state index in [4.69, 9.17) is 21.1 Å². The van der Waals surface area contributed by atoms with E-state index in [-0.39, 0.29) is 10.6 Å². The molecule has 0 aliphatic carbocycles. The quantitative estimate of drug-likeness (QED) is 0.329. The number of hydrogen-bond donors (Lipinski definition) is 1. The highest BCUT2D eigenvalue weighted by Gasteiger charge is 2.36. The molecule has 0 radical (unpaired) electrons. The zero-order chi connectivity index (χ0) is 26.4. The van der Waals surface area contributed by atoms with Gasteiger partial charge in [-0.05, 0) is 78.4 Å². The number of benzene rings is 3. The molecule has 1 fully saturated rings. The van der Waals surface area contributed by atoms with Crippen LogP contribution in [0.15, 0.2) is 71.6 Å². The van der Waals surface area contributed by atoms with Crippen molar-refractivity contribution in [3.63, 3.8) is 0 Å². The molecule has 0 atom stereocenters. The van der Waals surface area contributed by atoms with Crippen molar-refractivity contribution in [2.45, 2.75) is 13.5 Å². The lowest BCUT2D eigenvalue weighted by molar-refractivity contribution is -0.127. The first-order chi connectivity index (χ1) is 17.8. The van der Waals surface area contributed by atoms with Crippen LogP contribution >= 0.6 is 23.4 Å². The lowest BCUT2D eigenvalue weighted by Crippen LogP contribution is -2.36. The zero-order valence-corrected chi connectivity index (χ0v) is 21.3. The minimum Gasteiger partial charge on any atom is -0.490 e. The fourth-order valence-electron chi connectivity index (χ4n) is 3.44. The van der Waals surface area contributed by atoms with Gasteiger partial charge in [0.05, 0.1) is 11.5 Å². The Kier molecular flexibility index (Phi) is 8.47. The van der Waals surface area contributed by atoms with Crippen molar-refractivity contribution in [2.75, 3.05) is 18.5 Å². The Morgan fingerprint density at radius 2 is 1.84 bits per heavy atom. The Morgan fingerprint density at radius 1 is 1.05 bits per heavy atom. The van der Waals surface area contributed by atoms with Gasteiger partial charge in [0, 0.05) is 10.7 Å². The van der Waals surface area contributed by atoms with Crippen molar-refractivity contribution in [1.29, 1.82) is 0 Å². The Morgan fingerprint density at radius 3 is 2.57 bits per heavy atom. The normalized spacial score (nSPS) is 14.2. The Bertz CT molecular complexity index is 1360. The van der Waals surface area contributed by atoms with E-state index in [2.05, 4.69) is 5.32 Å². The first-order valence-corrected chi connectivity index (χ1v) is 12.5. The standard InChI is InChI=1S/C27H22ClFN2O5S/c1-2-35-23-12-18(8-11-22(23)36-16-17-6-9-19(28)10-7-17)13-24-26(33)31(27(34)37-24)15-25(32)30-21-5-3-4-20(29)14-21/h3-14H,2,15-16H2,1H3,(H,30,32)/b24-13+. The van der Waals surface area contributed by atoms with Gasteiger partial charge in [-0.25, -0.2) is 4.39 Å². The molecule has 190 valence electrons. The topological polar surface area (TPSA) is 84.9 Å². The molecule has 3 aromatic rings. The molecule has 1 N–H and O–H groups in total. The molecule has 10 heteroatoms. The smallest absolute Gasteiger partial charge is 0.294 e. The molecule has 0 unspecified atom stereocenters. The van der Waals surface area contributed by atoms with Crippen LogP contribution in [0.4, 0.5) is 14.9 Å². The van der Waals surface area contributed by atoms with Crippen LogP contribution in [0.5, 0.6) is 11.5 Å². The van der Waals surface area contributed by atoms with Gasteiger partial charge in [-0.1, -0.05) is 35.9 Å². The molecular weight excluding hydrogens is 519 g/mol. The predicted octanol–water partition coefficient (Wildman–Crippen LogP) is 6.13. The fourth-order valence-corrected chi connectivity index (χ4v) is 4.41. The maximum Gasteiger partial charge on any atom is 0.294 e. The van der Waals surface area contributed by atoms with Gasteiger partial charge in [-0.3, -0.25) is 19.3 Å². The van der Waals surface area contributed by atoms with Crippen LogP contribution in [-0.4, -0.2) is 35.1 Å². The van der Waals surface area contributed by atoms with Crippen molar-refractivity contribution in [3.05, 3.63) is 93.6 Å². The first kappa shape index (κ1) is 26.2. The van der Waals surface area contributed by atoms with Gasteiger partial charge < -0.3 is 14.8 Å². The molecule has 1 saturated heterocycles. The fraction of sp³-hybridized carbons (Fsp3) is 0.148. The number of carbonyl (C=O) groups excluding carboxylic acids is 3. The summed E-state index contributed by atoms with van der Waals surface area (Å²) in [6, 6.07) is 17.8. The van der Waals surface area contributed by atoms with Crippen LogP contribution in [-0.2, 0) is 16.2 Å². The molecule has 3 amide bonds. The molecule has 0 bridgehead atoms. The number of amides is 3. The Hall–Kier alpha value is -3.82. The Balaban J connectivity index is 1.44. The summed E-state index contributed by atoms with van der Waals surface area (Å²) in [5.74, 6) is -0.713. The SMILES string of the molecule is CCOc1cc(/C=C2/SC(=O)N(CC(=O)Nc3cccc(F)c3)C2=O)ccc1OCc1ccc(Cl)cc1. The van der Waals surface area contributed by atoms with E-state index in [1.165, 1.54) is 18.2 Å². The van der Waals surface area contributed by atoms with E-state index in [9.17, 15) is 18.8 Å². The average molecular weight is 541 g/mol. The van der Waals surface area contributed by atoms with Gasteiger partial charge in [-0.15, -0.1) is 0 Å². The summed E-state index contributed by atoms with van der Waals surface area (Å²) >= 11 is 6.66. The van der Waals surface area contributed by atoms with E-state index >= 15 is 0 Å². The minimum atomic E-state index is -0.616. The highest BCUT2D eigenvalue weighted by atomic mass is 35.5. The molecule has 1 aliphatic rings. The summed E-state index contributed by atoms with van der Waals surface area (Å²) in [4.78, 5) is 38.6. The summed E-state index contributed by atoms with van der Waals surface area (Å²) in [7, 11) is 0. The molecule has 4 rings (SSSR count). The van der Waals surface area contributed by atoms with Crippen LogP contribution < -0.4 is 14.8 Å². The van der Waals surface area contributed by atoms with Gasteiger partial charge in [-0.2, -0.15) is 0 Å². The number of rotatable bonds is 9. The molecule has 0 aromatic heterocycles. The number of imide groups is 1. The van der Waals surface area contributed by atoms with Crippen LogP contribution in [0.2, 0.25) is 5.02 Å². The van der Waals surface area contributed by atoms with Crippen molar-refractivity contribution in [3.8, 4) is 11.5 Å². The minimum absolute atomic E-state index is 0.167. The summed E-state index contributed by atoms with van der Waals surface area (Å²) in [5, 5.41) is 2.55. The van der Waals surface area contributed by atoms with Gasteiger partial charge in [0.2, 0.25) is 5.91 Å². The molecule has 1 heterocycles. The lowest BCUT2D eigenvalue weighted by Gasteiger charge is -2.13. The van der Waals surface area contributed by atoms with E-state index in [1.54, 1.807) is 36.4 Å². The average Bonchev–Trinajstić information content (AvgIpc) is 3.12. The first-order valence-electron chi connectivity index (χ1n) is 11.3. The number of nitrogens with one attached hydrogen (secondary N) is 1. The Labute approximate surface area is 222 Å². The highest BCUT2D eigenvalue weighted by molar-refractivity contribution is 8.18. The number of anilines is 1. The second kappa shape index (κ2) is 11.9. The van der Waals surface area contributed by atoms with Crippen LogP contribution in [0.3, 0.4) is 0 Å². The molecule has 0 saturated carbocycles. The molecule has 1 aliphatic heterocycles. The largest absolute Gasteiger partial charge is 0.490 e. The third kappa shape index (κ3) is 6.90. The van der Waals surface area contributed by atoms with E-state index in [0.717, 1.165) is 28.3 Å². The van der Waals surface area contributed by atoms with E-state index < -0.39 is 29.4 Å². The van der Waals surface area contributed by atoms with Crippen molar-refractivity contribution >= 4 is 52.2 Å². The number of halogens is 2. The lowest BCUT2D eigenvalue weighted by atomic mass is 10.1. The van der Waals surface area contributed by atoms with E-state index in [1.807, 2.05) is 19.1 Å². The second-order valence-electron chi connectivity index (χ2n) is 7.88. The van der Waals surface area contributed by atoms with Gasteiger partial charge in [0.1, 0.15) is 19.0 Å². The molecule has 37 heavy (non-hydrogen) atoms. The summed E-state index contributed by atoms with van der Waals surface area (Å²) in [6.07, 6.45) is 1.56. The van der Waals surface area contributed by atoms with Crippen molar-refractivity contribution < 1.29 is 28.2 Å². The number of nitrogens with zero attached hydrogens (tertiary/aromatic N) is 1.